The molecule has 5 atom stereocenters. The number of aliphatic hydroxyl groups is 1. The van der Waals surface area contributed by atoms with Crippen molar-refractivity contribution in [1.82, 2.24) is 9.78 Å². The van der Waals surface area contributed by atoms with Crippen molar-refractivity contribution in [2.24, 2.45) is 23.7 Å². The van der Waals surface area contributed by atoms with E-state index in [4.69, 9.17) is 0 Å². The Morgan fingerprint density at radius 1 is 1.40 bits per heavy atom. The Hall–Kier alpha value is -0.830. The topological polar surface area (TPSA) is 38.0 Å². The SMILES string of the molecule is CCn1nc(C)cc1CC1(O)CC2CC1C1CCCC21. The van der Waals surface area contributed by atoms with Gasteiger partial charge in [-0.05, 0) is 69.3 Å². The lowest BCUT2D eigenvalue weighted by Gasteiger charge is -2.39. The van der Waals surface area contributed by atoms with Crippen LogP contribution in [0.1, 0.15) is 50.4 Å². The zero-order valence-electron chi connectivity index (χ0n) is 12.7. The van der Waals surface area contributed by atoms with Gasteiger partial charge in [0.15, 0.2) is 0 Å². The van der Waals surface area contributed by atoms with E-state index in [1.165, 1.54) is 31.4 Å². The second kappa shape index (κ2) is 4.33. The Morgan fingerprint density at radius 2 is 2.20 bits per heavy atom. The standard InChI is InChI=1S/C17H26N2O/c1-3-19-13(7-11(2)18-19)10-17(20)9-12-8-16(17)15-6-4-5-14(12)15/h7,12,14-16,20H,3-6,8-10H2,1-2H3. The molecule has 1 N–H and O–H groups in total. The fourth-order valence-electron chi connectivity index (χ4n) is 5.77. The van der Waals surface area contributed by atoms with Gasteiger partial charge >= 0.3 is 0 Å². The van der Waals surface area contributed by atoms with E-state index in [0.717, 1.165) is 42.8 Å². The fourth-order valence-corrected chi connectivity index (χ4v) is 5.77. The van der Waals surface area contributed by atoms with Crippen LogP contribution in [0.15, 0.2) is 6.07 Å². The Balaban J connectivity index is 1.59. The summed E-state index contributed by atoms with van der Waals surface area (Å²) < 4.78 is 2.07. The van der Waals surface area contributed by atoms with Crippen molar-refractivity contribution in [3.8, 4) is 0 Å². The van der Waals surface area contributed by atoms with Gasteiger partial charge in [-0.2, -0.15) is 5.10 Å². The smallest absolute Gasteiger partial charge is 0.0736 e. The molecule has 0 spiro atoms. The summed E-state index contributed by atoms with van der Waals surface area (Å²) >= 11 is 0. The zero-order valence-corrected chi connectivity index (χ0v) is 12.7. The summed E-state index contributed by atoms with van der Waals surface area (Å²) in [4.78, 5) is 0. The van der Waals surface area contributed by atoms with Gasteiger partial charge < -0.3 is 5.11 Å². The van der Waals surface area contributed by atoms with Crippen molar-refractivity contribution in [2.75, 3.05) is 0 Å². The van der Waals surface area contributed by atoms with Crippen LogP contribution in [0.25, 0.3) is 0 Å². The van der Waals surface area contributed by atoms with Crippen LogP contribution in [0.5, 0.6) is 0 Å². The molecule has 2 bridgehead atoms. The fraction of sp³-hybridized carbons (Fsp3) is 0.824. The largest absolute Gasteiger partial charge is 0.389 e. The summed E-state index contributed by atoms with van der Waals surface area (Å²) in [5.41, 5.74) is 1.86. The highest BCUT2D eigenvalue weighted by Gasteiger charge is 2.60. The first kappa shape index (κ1) is 12.9. The van der Waals surface area contributed by atoms with Crippen LogP contribution in [0, 0.1) is 30.6 Å². The highest BCUT2D eigenvalue weighted by Crippen LogP contribution is 2.62. The quantitative estimate of drug-likeness (QED) is 0.920. The lowest BCUT2D eigenvalue weighted by atomic mass is 9.71. The van der Waals surface area contributed by atoms with E-state index in [0.29, 0.717) is 5.92 Å². The van der Waals surface area contributed by atoms with Gasteiger partial charge in [-0.25, -0.2) is 0 Å². The minimum atomic E-state index is -0.449. The molecule has 3 heteroatoms. The summed E-state index contributed by atoms with van der Waals surface area (Å²) in [6, 6.07) is 2.17. The lowest BCUT2D eigenvalue weighted by molar-refractivity contribution is -0.0463. The van der Waals surface area contributed by atoms with E-state index in [2.05, 4.69) is 22.8 Å². The third-order valence-corrected chi connectivity index (χ3v) is 6.38. The average molecular weight is 274 g/mol. The van der Waals surface area contributed by atoms with E-state index in [-0.39, 0.29) is 0 Å². The van der Waals surface area contributed by atoms with Gasteiger partial charge in [0.25, 0.3) is 0 Å². The molecule has 3 aliphatic carbocycles. The normalized spacial score (nSPS) is 42.4. The number of rotatable bonds is 3. The van der Waals surface area contributed by atoms with Crippen LogP contribution in [0.4, 0.5) is 0 Å². The first-order valence-corrected chi connectivity index (χ1v) is 8.36. The van der Waals surface area contributed by atoms with Gasteiger partial charge in [-0.15, -0.1) is 0 Å². The zero-order chi connectivity index (χ0) is 13.9. The van der Waals surface area contributed by atoms with E-state index >= 15 is 0 Å². The summed E-state index contributed by atoms with van der Waals surface area (Å²) in [6.07, 6.45) is 7.31. The maximum atomic E-state index is 11.3. The van der Waals surface area contributed by atoms with Gasteiger partial charge in [-0.1, -0.05) is 6.42 Å². The molecule has 20 heavy (non-hydrogen) atoms. The predicted octanol–water partition coefficient (Wildman–Crippen LogP) is 2.94. The molecule has 3 aliphatic rings. The molecule has 3 saturated carbocycles. The monoisotopic (exact) mass is 274 g/mol. The number of hydrogen-bond acceptors (Lipinski definition) is 2. The molecule has 3 fully saturated rings. The molecule has 110 valence electrons. The minimum Gasteiger partial charge on any atom is -0.389 e. The highest BCUT2D eigenvalue weighted by atomic mass is 16.3. The summed E-state index contributed by atoms with van der Waals surface area (Å²) in [5.74, 6) is 3.12. The summed E-state index contributed by atoms with van der Waals surface area (Å²) in [7, 11) is 0. The van der Waals surface area contributed by atoms with Crippen molar-refractivity contribution >= 4 is 0 Å². The van der Waals surface area contributed by atoms with Gasteiger partial charge in [0, 0.05) is 18.7 Å². The van der Waals surface area contributed by atoms with Crippen LogP contribution in [0.3, 0.4) is 0 Å². The van der Waals surface area contributed by atoms with E-state index in [1.807, 2.05) is 6.92 Å². The second-order valence-corrected chi connectivity index (χ2v) is 7.44. The molecule has 1 aromatic heterocycles. The molecule has 0 saturated heterocycles. The molecule has 0 radical (unpaired) electrons. The molecular weight excluding hydrogens is 248 g/mol. The van der Waals surface area contributed by atoms with E-state index in [1.54, 1.807) is 0 Å². The van der Waals surface area contributed by atoms with Crippen molar-refractivity contribution in [3.05, 3.63) is 17.5 Å². The maximum absolute atomic E-state index is 11.3. The number of hydrogen-bond donors (Lipinski definition) is 1. The van der Waals surface area contributed by atoms with Crippen LogP contribution in [-0.4, -0.2) is 20.5 Å². The van der Waals surface area contributed by atoms with Crippen LogP contribution < -0.4 is 0 Å². The maximum Gasteiger partial charge on any atom is 0.0736 e. The van der Waals surface area contributed by atoms with Crippen LogP contribution >= 0.6 is 0 Å². The molecular formula is C17H26N2O. The second-order valence-electron chi connectivity index (χ2n) is 7.44. The summed E-state index contributed by atoms with van der Waals surface area (Å²) in [6.45, 7) is 5.08. The third-order valence-electron chi connectivity index (χ3n) is 6.38. The van der Waals surface area contributed by atoms with Crippen molar-refractivity contribution < 1.29 is 5.11 Å². The van der Waals surface area contributed by atoms with Crippen molar-refractivity contribution in [2.45, 2.75) is 64.5 Å². The number of aromatic nitrogens is 2. The molecule has 0 amide bonds. The van der Waals surface area contributed by atoms with Gasteiger partial charge in [0.1, 0.15) is 0 Å². The minimum absolute atomic E-state index is 0.449. The van der Waals surface area contributed by atoms with E-state index in [9.17, 15) is 5.11 Å². The molecule has 3 nitrogen and oxygen atoms in total. The number of nitrogens with zero attached hydrogens (tertiary/aromatic N) is 2. The molecule has 1 aromatic rings. The van der Waals surface area contributed by atoms with Gasteiger partial charge in [0.05, 0.1) is 11.3 Å². The summed E-state index contributed by atoms with van der Waals surface area (Å²) in [5, 5.41) is 15.8. The first-order valence-electron chi connectivity index (χ1n) is 8.36. The van der Waals surface area contributed by atoms with E-state index < -0.39 is 5.60 Å². The molecule has 0 aromatic carbocycles. The highest BCUT2D eigenvalue weighted by molar-refractivity contribution is 5.17. The average Bonchev–Trinajstić information content (AvgIpc) is 3.09. The predicted molar refractivity (Wildman–Crippen MR) is 78.3 cm³/mol. The van der Waals surface area contributed by atoms with Crippen molar-refractivity contribution in [3.63, 3.8) is 0 Å². The third kappa shape index (κ3) is 1.71. The number of aryl methyl sites for hydroxylation is 2. The van der Waals surface area contributed by atoms with Gasteiger partial charge in [0.2, 0.25) is 0 Å². The molecule has 4 rings (SSSR count). The van der Waals surface area contributed by atoms with Gasteiger partial charge in [-0.3, -0.25) is 4.68 Å². The Kier molecular flexibility index (Phi) is 2.79. The molecule has 0 aliphatic heterocycles. The van der Waals surface area contributed by atoms with Crippen LogP contribution in [0.2, 0.25) is 0 Å². The first-order chi connectivity index (χ1) is 9.60. The number of fused-ring (bicyclic) bond motifs is 5. The molecule has 5 unspecified atom stereocenters. The molecule has 1 heterocycles. The van der Waals surface area contributed by atoms with Crippen molar-refractivity contribution in [1.29, 1.82) is 0 Å². The Morgan fingerprint density at radius 3 is 3.00 bits per heavy atom. The lowest BCUT2D eigenvalue weighted by Crippen LogP contribution is -2.43. The van der Waals surface area contributed by atoms with Crippen LogP contribution in [-0.2, 0) is 13.0 Å². The Labute approximate surface area is 121 Å². The Bertz CT molecular complexity index is 523.